The summed E-state index contributed by atoms with van der Waals surface area (Å²) in [4.78, 5) is 37.6. The Hall–Kier alpha value is -2.42. The van der Waals surface area contributed by atoms with E-state index < -0.39 is 5.97 Å². The number of esters is 1. The Kier molecular flexibility index (Phi) is 7.58. The van der Waals surface area contributed by atoms with Gasteiger partial charge in [0, 0.05) is 15.8 Å². The van der Waals surface area contributed by atoms with E-state index in [1.807, 2.05) is 65.9 Å². The summed E-state index contributed by atoms with van der Waals surface area (Å²) < 4.78 is 5.76. The molecule has 0 atom stereocenters. The van der Waals surface area contributed by atoms with Crippen molar-refractivity contribution in [1.82, 2.24) is 5.32 Å². The van der Waals surface area contributed by atoms with Gasteiger partial charge in [-0.2, -0.15) is 0 Å². The van der Waals surface area contributed by atoms with Gasteiger partial charge in [-0.25, -0.2) is 0 Å². The summed E-state index contributed by atoms with van der Waals surface area (Å²) in [5, 5.41) is 2.50. The minimum absolute atomic E-state index is 0.297. The van der Waals surface area contributed by atoms with Gasteiger partial charge in [-0.1, -0.05) is 30.3 Å². The molecule has 0 aliphatic rings. The second kappa shape index (κ2) is 9.91. The Morgan fingerprint density at radius 3 is 2.35 bits per heavy atom. The molecule has 0 radical (unpaired) electrons. The number of carbonyl (C=O) groups is 3. The van der Waals surface area contributed by atoms with Crippen LogP contribution in [0.1, 0.15) is 17.3 Å². The van der Waals surface area contributed by atoms with E-state index in [-0.39, 0.29) is 25.0 Å². The lowest BCUT2D eigenvalue weighted by Gasteiger charge is -2.20. The zero-order valence-electron chi connectivity index (χ0n) is 14.3. The Bertz CT molecular complexity index is 780. The van der Waals surface area contributed by atoms with E-state index in [2.05, 4.69) is 5.32 Å². The van der Waals surface area contributed by atoms with Gasteiger partial charge in [-0.05, 0) is 53.8 Å². The first-order valence-electron chi connectivity index (χ1n) is 8.06. The molecule has 2 aromatic carbocycles. The molecule has 0 aliphatic heterocycles. The minimum Gasteiger partial charge on any atom is -0.454 e. The van der Waals surface area contributed by atoms with Gasteiger partial charge in [-0.15, -0.1) is 0 Å². The molecule has 0 saturated heterocycles. The monoisotopic (exact) mass is 466 g/mol. The molecule has 1 N–H and O–H groups in total. The first-order valence-corrected chi connectivity index (χ1v) is 9.14. The van der Waals surface area contributed by atoms with Crippen molar-refractivity contribution in [2.24, 2.45) is 0 Å². The maximum Gasteiger partial charge on any atom is 0.325 e. The molecule has 26 heavy (non-hydrogen) atoms. The summed E-state index contributed by atoms with van der Waals surface area (Å²) in [6.07, 6.45) is 0. The van der Waals surface area contributed by atoms with Crippen LogP contribution in [-0.2, 0) is 14.3 Å². The zero-order valence-corrected chi connectivity index (χ0v) is 16.4. The van der Waals surface area contributed by atoms with Crippen LogP contribution in [0.2, 0.25) is 0 Å². The molecule has 6 nitrogen and oxygen atoms in total. The van der Waals surface area contributed by atoms with Gasteiger partial charge in [0.25, 0.3) is 11.8 Å². The third kappa shape index (κ3) is 5.55. The average Bonchev–Trinajstić information content (AvgIpc) is 2.66. The van der Waals surface area contributed by atoms with Gasteiger partial charge in [0.2, 0.25) is 0 Å². The molecule has 2 amide bonds. The number of nitrogens with one attached hydrogen (secondary N) is 1. The fraction of sp³-hybridized carbons (Fsp3) is 0.211. The molecule has 7 heteroatoms. The second-order valence-corrected chi connectivity index (χ2v) is 6.46. The van der Waals surface area contributed by atoms with Crippen molar-refractivity contribution in [2.45, 2.75) is 6.92 Å². The molecule has 0 spiro atoms. The quantitative estimate of drug-likeness (QED) is 0.503. The van der Waals surface area contributed by atoms with Crippen molar-refractivity contribution >= 4 is 46.1 Å². The van der Waals surface area contributed by atoms with Crippen LogP contribution in [0.3, 0.4) is 0 Å². The number of hydrogen-bond donors (Lipinski definition) is 1. The smallest absolute Gasteiger partial charge is 0.325 e. The van der Waals surface area contributed by atoms with Crippen LogP contribution in [0.4, 0.5) is 5.69 Å². The van der Waals surface area contributed by atoms with Gasteiger partial charge >= 0.3 is 5.97 Å². The number of amides is 2. The summed E-state index contributed by atoms with van der Waals surface area (Å²) in [5.41, 5.74) is 1.22. The normalized spacial score (nSPS) is 10.1. The van der Waals surface area contributed by atoms with Crippen LogP contribution in [0, 0.1) is 3.57 Å². The number of rotatable bonds is 7. The Morgan fingerprint density at radius 1 is 1.04 bits per heavy atom. The van der Waals surface area contributed by atoms with Crippen LogP contribution in [0.5, 0.6) is 0 Å². The van der Waals surface area contributed by atoms with Gasteiger partial charge < -0.3 is 15.0 Å². The SMILES string of the molecule is CCN(C(=O)COC(=O)CNC(=O)c1ccccc1I)c1ccccc1. The standard InChI is InChI=1S/C19H19IN2O4/c1-2-22(14-8-4-3-5-9-14)17(23)13-26-18(24)12-21-19(25)15-10-6-7-11-16(15)20/h3-11H,2,12-13H2,1H3,(H,21,25). The summed E-state index contributed by atoms with van der Waals surface area (Å²) in [5.74, 6) is -1.35. The summed E-state index contributed by atoms with van der Waals surface area (Å²) >= 11 is 2.05. The number of ether oxygens (including phenoxy) is 1. The molecule has 0 unspecified atom stereocenters. The second-order valence-electron chi connectivity index (χ2n) is 5.30. The number of hydrogen-bond acceptors (Lipinski definition) is 4. The van der Waals surface area contributed by atoms with Crippen molar-refractivity contribution in [2.75, 3.05) is 24.6 Å². The first-order chi connectivity index (χ1) is 12.5. The van der Waals surface area contributed by atoms with Crippen LogP contribution in [0.25, 0.3) is 0 Å². The number of anilines is 1. The molecular weight excluding hydrogens is 447 g/mol. The van der Waals surface area contributed by atoms with Crippen molar-refractivity contribution in [1.29, 1.82) is 0 Å². The maximum absolute atomic E-state index is 12.2. The molecule has 0 aliphatic carbocycles. The van der Waals surface area contributed by atoms with E-state index in [0.717, 1.165) is 9.26 Å². The molecule has 2 rings (SSSR count). The lowest BCUT2D eigenvalue weighted by Crippen LogP contribution is -2.36. The van der Waals surface area contributed by atoms with E-state index in [4.69, 9.17) is 4.74 Å². The average molecular weight is 466 g/mol. The fourth-order valence-corrected chi connectivity index (χ4v) is 2.91. The first kappa shape index (κ1) is 19.9. The highest BCUT2D eigenvalue weighted by Gasteiger charge is 2.16. The van der Waals surface area contributed by atoms with Crippen LogP contribution in [-0.4, -0.2) is 37.5 Å². The maximum atomic E-state index is 12.2. The molecule has 0 heterocycles. The van der Waals surface area contributed by atoms with Gasteiger partial charge in [0.1, 0.15) is 6.54 Å². The Labute approximate surface area is 165 Å². The van der Waals surface area contributed by atoms with Crippen LogP contribution >= 0.6 is 22.6 Å². The van der Waals surface area contributed by atoms with Crippen molar-refractivity contribution in [3.63, 3.8) is 0 Å². The van der Waals surface area contributed by atoms with E-state index in [1.54, 1.807) is 18.2 Å². The highest BCUT2D eigenvalue weighted by molar-refractivity contribution is 14.1. The number of halogens is 1. The van der Waals surface area contributed by atoms with E-state index >= 15 is 0 Å². The van der Waals surface area contributed by atoms with Crippen molar-refractivity contribution < 1.29 is 19.1 Å². The molecular formula is C19H19IN2O4. The third-order valence-electron chi connectivity index (χ3n) is 3.55. The molecule has 0 bridgehead atoms. The van der Waals surface area contributed by atoms with E-state index in [0.29, 0.717) is 12.1 Å². The molecule has 0 saturated carbocycles. The van der Waals surface area contributed by atoms with E-state index in [1.165, 1.54) is 4.90 Å². The number of carbonyl (C=O) groups excluding carboxylic acids is 3. The predicted octanol–water partition coefficient (Wildman–Crippen LogP) is 2.62. The molecule has 2 aromatic rings. The zero-order chi connectivity index (χ0) is 18.9. The van der Waals surface area contributed by atoms with Crippen LogP contribution in [0.15, 0.2) is 54.6 Å². The van der Waals surface area contributed by atoms with Crippen molar-refractivity contribution in [3.8, 4) is 0 Å². The minimum atomic E-state index is -0.665. The number of likely N-dealkylation sites (N-methyl/N-ethyl adjacent to an activating group) is 1. The fourth-order valence-electron chi connectivity index (χ4n) is 2.28. The number of para-hydroxylation sites is 1. The largest absolute Gasteiger partial charge is 0.454 e. The predicted molar refractivity (Wildman–Crippen MR) is 107 cm³/mol. The number of nitrogens with zero attached hydrogens (tertiary/aromatic N) is 1. The van der Waals surface area contributed by atoms with Gasteiger partial charge in [0.05, 0.1) is 5.56 Å². The third-order valence-corrected chi connectivity index (χ3v) is 4.49. The Morgan fingerprint density at radius 2 is 1.69 bits per heavy atom. The lowest BCUT2D eigenvalue weighted by atomic mass is 10.2. The van der Waals surface area contributed by atoms with Gasteiger partial charge in [0.15, 0.2) is 6.61 Å². The highest BCUT2D eigenvalue weighted by atomic mass is 127. The topological polar surface area (TPSA) is 75.7 Å². The number of benzene rings is 2. The van der Waals surface area contributed by atoms with Crippen molar-refractivity contribution in [3.05, 3.63) is 63.7 Å². The summed E-state index contributed by atoms with van der Waals surface area (Å²) in [7, 11) is 0. The van der Waals surface area contributed by atoms with E-state index in [9.17, 15) is 14.4 Å². The van der Waals surface area contributed by atoms with Crippen LogP contribution < -0.4 is 10.2 Å². The lowest BCUT2D eigenvalue weighted by molar-refractivity contribution is -0.146. The Balaban J connectivity index is 1.82. The summed E-state index contributed by atoms with van der Waals surface area (Å²) in [6, 6.07) is 16.2. The summed E-state index contributed by atoms with van der Waals surface area (Å²) in [6.45, 7) is 1.63. The molecule has 136 valence electrons. The molecule has 0 aromatic heterocycles. The highest BCUT2D eigenvalue weighted by Crippen LogP contribution is 2.13. The van der Waals surface area contributed by atoms with Gasteiger partial charge in [-0.3, -0.25) is 14.4 Å². The molecule has 0 fully saturated rings.